The molecule has 0 aromatic heterocycles. The smallest absolute Gasteiger partial charge is 0.269 e. The van der Waals surface area contributed by atoms with Crippen molar-refractivity contribution in [3.8, 4) is 0 Å². The van der Waals surface area contributed by atoms with Crippen LogP contribution in [0.15, 0.2) is 58.3 Å². The van der Waals surface area contributed by atoms with Gasteiger partial charge in [-0.05, 0) is 36.4 Å². The van der Waals surface area contributed by atoms with Crippen LogP contribution in [0.3, 0.4) is 0 Å². The predicted octanol–water partition coefficient (Wildman–Crippen LogP) is 3.92. The summed E-state index contributed by atoms with van der Waals surface area (Å²) in [6.45, 7) is 0. The number of halogens is 1. The minimum atomic E-state index is -0.428. The van der Waals surface area contributed by atoms with Crippen molar-refractivity contribution in [2.75, 3.05) is 11.2 Å². The molecular weight excluding hydrogens is 312 g/mol. The van der Waals surface area contributed by atoms with Gasteiger partial charge >= 0.3 is 0 Å². The molecule has 0 aliphatic rings. The number of anilines is 1. The molecule has 108 valence electrons. The standard InChI is InChI=1S/C14H11ClN2O3S/c15-9-14(18)16-10-1-5-12(6-2-10)21-13-7-3-11(4-8-13)17(19)20/h1-8H,9H2,(H,16,18). The van der Waals surface area contributed by atoms with Gasteiger partial charge in [0.15, 0.2) is 0 Å². The molecule has 0 radical (unpaired) electrons. The van der Waals surface area contributed by atoms with E-state index in [1.54, 1.807) is 24.3 Å². The predicted molar refractivity (Wildman–Crippen MR) is 83.0 cm³/mol. The van der Waals surface area contributed by atoms with Crippen LogP contribution in [0.1, 0.15) is 0 Å². The number of carbonyl (C=O) groups is 1. The Balaban J connectivity index is 2.02. The number of carbonyl (C=O) groups excluding carboxylic acids is 1. The minimum Gasteiger partial charge on any atom is -0.325 e. The fourth-order valence-corrected chi connectivity index (χ4v) is 2.46. The van der Waals surface area contributed by atoms with Gasteiger partial charge in [0.25, 0.3) is 5.69 Å². The summed E-state index contributed by atoms with van der Waals surface area (Å²) in [5.74, 6) is -0.341. The van der Waals surface area contributed by atoms with Gasteiger partial charge in [-0.25, -0.2) is 0 Å². The monoisotopic (exact) mass is 322 g/mol. The van der Waals surface area contributed by atoms with E-state index in [0.717, 1.165) is 9.79 Å². The first kappa shape index (κ1) is 15.3. The third-order valence-corrected chi connectivity index (χ3v) is 3.80. The molecule has 0 heterocycles. The van der Waals surface area contributed by atoms with Gasteiger partial charge in [-0.15, -0.1) is 11.6 Å². The fourth-order valence-electron chi connectivity index (χ4n) is 1.57. The summed E-state index contributed by atoms with van der Waals surface area (Å²) in [6, 6.07) is 13.6. The number of nitro benzene ring substituents is 1. The minimum absolute atomic E-state index is 0.0680. The summed E-state index contributed by atoms with van der Waals surface area (Å²) in [4.78, 5) is 23.2. The van der Waals surface area contributed by atoms with Crippen molar-refractivity contribution in [1.29, 1.82) is 0 Å². The van der Waals surface area contributed by atoms with Crippen LogP contribution in [0.4, 0.5) is 11.4 Å². The molecule has 1 amide bonds. The molecule has 5 nitrogen and oxygen atoms in total. The lowest BCUT2D eigenvalue weighted by molar-refractivity contribution is -0.384. The van der Waals surface area contributed by atoms with Gasteiger partial charge in [0.05, 0.1) is 4.92 Å². The van der Waals surface area contributed by atoms with E-state index in [0.29, 0.717) is 5.69 Å². The number of nitrogens with one attached hydrogen (secondary N) is 1. The largest absolute Gasteiger partial charge is 0.325 e. The average molecular weight is 323 g/mol. The second kappa shape index (κ2) is 7.10. The van der Waals surface area contributed by atoms with Crippen molar-refractivity contribution in [1.82, 2.24) is 0 Å². The quantitative estimate of drug-likeness (QED) is 0.514. The van der Waals surface area contributed by atoms with Crippen LogP contribution in [0.2, 0.25) is 0 Å². The number of benzene rings is 2. The molecule has 0 unspecified atom stereocenters. The van der Waals surface area contributed by atoms with Crippen LogP contribution >= 0.6 is 23.4 Å². The Labute approximate surface area is 130 Å². The van der Waals surface area contributed by atoms with E-state index in [9.17, 15) is 14.9 Å². The van der Waals surface area contributed by atoms with Gasteiger partial charge in [-0.2, -0.15) is 0 Å². The van der Waals surface area contributed by atoms with Crippen molar-refractivity contribution in [3.63, 3.8) is 0 Å². The Bertz CT molecular complexity index is 644. The number of nitro groups is 1. The Hall–Kier alpha value is -2.05. The molecule has 2 rings (SSSR count). The first-order chi connectivity index (χ1) is 10.1. The zero-order valence-corrected chi connectivity index (χ0v) is 12.4. The van der Waals surface area contributed by atoms with Crippen molar-refractivity contribution in [2.24, 2.45) is 0 Å². The maximum atomic E-state index is 11.1. The highest BCUT2D eigenvalue weighted by atomic mass is 35.5. The lowest BCUT2D eigenvalue weighted by Crippen LogP contribution is -2.12. The maximum Gasteiger partial charge on any atom is 0.269 e. The van der Waals surface area contributed by atoms with Crippen molar-refractivity contribution < 1.29 is 9.72 Å². The first-order valence-electron chi connectivity index (χ1n) is 5.96. The lowest BCUT2D eigenvalue weighted by atomic mass is 10.3. The van der Waals surface area contributed by atoms with Gasteiger partial charge in [-0.1, -0.05) is 11.8 Å². The summed E-state index contributed by atoms with van der Waals surface area (Å²) < 4.78 is 0. The van der Waals surface area contributed by atoms with E-state index in [-0.39, 0.29) is 17.5 Å². The van der Waals surface area contributed by atoms with Gasteiger partial charge < -0.3 is 5.32 Å². The van der Waals surface area contributed by atoms with E-state index >= 15 is 0 Å². The van der Waals surface area contributed by atoms with E-state index in [1.807, 2.05) is 12.1 Å². The van der Waals surface area contributed by atoms with Crippen LogP contribution in [0.5, 0.6) is 0 Å². The van der Waals surface area contributed by atoms with Crippen LogP contribution in [-0.4, -0.2) is 16.7 Å². The Kier molecular flexibility index (Phi) is 5.19. The van der Waals surface area contributed by atoms with Gasteiger partial charge in [0.2, 0.25) is 5.91 Å². The van der Waals surface area contributed by atoms with E-state index in [1.165, 1.54) is 23.9 Å². The molecule has 0 saturated carbocycles. The summed E-state index contributed by atoms with van der Waals surface area (Å²) in [7, 11) is 0. The zero-order chi connectivity index (χ0) is 15.2. The number of nitrogens with zero attached hydrogens (tertiary/aromatic N) is 1. The van der Waals surface area contributed by atoms with Crippen molar-refractivity contribution >= 4 is 40.6 Å². The number of rotatable bonds is 5. The molecular formula is C14H11ClN2O3S. The molecule has 0 atom stereocenters. The highest BCUT2D eigenvalue weighted by Crippen LogP contribution is 2.29. The van der Waals surface area contributed by atoms with E-state index in [4.69, 9.17) is 11.6 Å². The van der Waals surface area contributed by atoms with Crippen LogP contribution in [-0.2, 0) is 4.79 Å². The number of alkyl halides is 1. The summed E-state index contributed by atoms with van der Waals surface area (Å²) >= 11 is 6.89. The lowest BCUT2D eigenvalue weighted by Gasteiger charge is -2.05. The number of non-ortho nitro benzene ring substituents is 1. The molecule has 0 aliphatic heterocycles. The molecule has 2 aromatic rings. The summed E-state index contributed by atoms with van der Waals surface area (Å²) in [6.07, 6.45) is 0. The molecule has 1 N–H and O–H groups in total. The first-order valence-corrected chi connectivity index (χ1v) is 7.32. The molecule has 7 heteroatoms. The van der Waals surface area contributed by atoms with Gasteiger partial charge in [-0.3, -0.25) is 14.9 Å². The van der Waals surface area contributed by atoms with Gasteiger partial charge in [0.1, 0.15) is 5.88 Å². The number of hydrogen-bond donors (Lipinski definition) is 1. The molecule has 0 fully saturated rings. The molecule has 0 spiro atoms. The second-order valence-electron chi connectivity index (χ2n) is 4.06. The molecule has 0 aliphatic carbocycles. The van der Waals surface area contributed by atoms with Crippen molar-refractivity contribution in [3.05, 3.63) is 58.6 Å². The zero-order valence-electron chi connectivity index (χ0n) is 10.8. The molecule has 2 aromatic carbocycles. The normalized spacial score (nSPS) is 10.1. The van der Waals surface area contributed by atoms with Crippen LogP contribution in [0, 0.1) is 10.1 Å². The van der Waals surface area contributed by atoms with Crippen molar-refractivity contribution in [2.45, 2.75) is 9.79 Å². The maximum absolute atomic E-state index is 11.1. The van der Waals surface area contributed by atoms with Crippen LogP contribution < -0.4 is 5.32 Å². The highest BCUT2D eigenvalue weighted by Gasteiger charge is 2.05. The summed E-state index contributed by atoms with van der Waals surface area (Å²) in [5, 5.41) is 13.2. The Morgan fingerprint density at radius 2 is 1.62 bits per heavy atom. The summed E-state index contributed by atoms with van der Waals surface area (Å²) in [5.41, 5.74) is 0.743. The second-order valence-corrected chi connectivity index (χ2v) is 5.47. The molecule has 0 bridgehead atoms. The average Bonchev–Trinajstić information content (AvgIpc) is 2.49. The SMILES string of the molecule is O=C(CCl)Nc1ccc(Sc2ccc([N+](=O)[O-])cc2)cc1. The van der Waals surface area contributed by atoms with Crippen LogP contribution in [0.25, 0.3) is 0 Å². The number of amides is 1. The fraction of sp³-hybridized carbons (Fsp3) is 0.0714. The molecule has 21 heavy (non-hydrogen) atoms. The van der Waals surface area contributed by atoms with E-state index in [2.05, 4.69) is 5.32 Å². The van der Waals surface area contributed by atoms with Gasteiger partial charge in [0, 0.05) is 27.6 Å². The Morgan fingerprint density at radius 1 is 1.10 bits per heavy atom. The third kappa shape index (κ3) is 4.47. The molecule has 0 saturated heterocycles. The highest BCUT2D eigenvalue weighted by molar-refractivity contribution is 7.99. The third-order valence-electron chi connectivity index (χ3n) is 2.54. The topological polar surface area (TPSA) is 72.2 Å². The van der Waals surface area contributed by atoms with E-state index < -0.39 is 4.92 Å². The number of hydrogen-bond acceptors (Lipinski definition) is 4. The Morgan fingerprint density at radius 3 is 2.10 bits per heavy atom.